The van der Waals surface area contributed by atoms with Gasteiger partial charge in [-0.25, -0.2) is 0 Å². The number of halogens is 1. The minimum atomic E-state index is 0.440. The van der Waals surface area contributed by atoms with Crippen LogP contribution in [-0.4, -0.2) is 12.5 Å². The summed E-state index contributed by atoms with van der Waals surface area (Å²) in [5.74, 6) is 1.28. The van der Waals surface area contributed by atoms with Crippen LogP contribution in [0.15, 0.2) is 24.3 Å². The number of benzene rings is 1. The van der Waals surface area contributed by atoms with Crippen molar-refractivity contribution in [2.45, 2.75) is 6.42 Å². The van der Waals surface area contributed by atoms with Crippen LogP contribution in [0.5, 0.6) is 5.75 Å². The summed E-state index contributed by atoms with van der Waals surface area (Å²) in [7, 11) is 0. The molecule has 0 saturated heterocycles. The van der Waals surface area contributed by atoms with Gasteiger partial charge < -0.3 is 4.74 Å². The number of hydrogen-bond acceptors (Lipinski definition) is 2. The van der Waals surface area contributed by atoms with Crippen LogP contribution >= 0.6 is 11.6 Å². The number of alkyl halides is 1. The van der Waals surface area contributed by atoms with Crippen molar-refractivity contribution in [1.29, 1.82) is 5.26 Å². The minimum Gasteiger partial charge on any atom is -0.492 e. The maximum Gasteiger partial charge on any atom is 0.119 e. The van der Waals surface area contributed by atoms with Crippen molar-refractivity contribution in [3.8, 4) is 11.8 Å². The third kappa shape index (κ3) is 3.35. The highest BCUT2D eigenvalue weighted by Crippen LogP contribution is 2.12. The molecule has 68 valence electrons. The summed E-state index contributed by atoms with van der Waals surface area (Å²) in [6.45, 7) is 0.513. The van der Waals surface area contributed by atoms with Crippen molar-refractivity contribution >= 4 is 11.6 Å². The summed E-state index contributed by atoms with van der Waals surface area (Å²) in [6, 6.07) is 9.54. The molecule has 13 heavy (non-hydrogen) atoms. The summed E-state index contributed by atoms with van der Waals surface area (Å²) >= 11 is 5.46. The molecule has 0 atom stereocenters. The monoisotopic (exact) mass is 195 g/mol. The summed E-state index contributed by atoms with van der Waals surface area (Å²) in [5, 5.41) is 8.43. The summed E-state index contributed by atoms with van der Waals surface area (Å²) in [6.07, 6.45) is 0.440. The first-order chi connectivity index (χ1) is 6.36. The van der Waals surface area contributed by atoms with Gasteiger partial charge in [-0.05, 0) is 17.7 Å². The smallest absolute Gasteiger partial charge is 0.119 e. The summed E-state index contributed by atoms with van der Waals surface area (Å²) < 4.78 is 5.27. The molecule has 0 aliphatic carbocycles. The molecule has 1 rings (SSSR count). The van der Waals surface area contributed by atoms with E-state index in [9.17, 15) is 0 Å². The summed E-state index contributed by atoms with van der Waals surface area (Å²) in [4.78, 5) is 0. The molecular formula is C10H10ClNO. The van der Waals surface area contributed by atoms with E-state index in [1.54, 1.807) is 0 Å². The Hall–Kier alpha value is -1.20. The molecule has 0 saturated carbocycles. The molecular weight excluding hydrogens is 186 g/mol. The quantitative estimate of drug-likeness (QED) is 0.692. The molecule has 3 heteroatoms. The Balaban J connectivity index is 2.55. The van der Waals surface area contributed by atoms with Crippen LogP contribution in [0.25, 0.3) is 0 Å². The number of ether oxygens (including phenoxy) is 1. The molecule has 1 aromatic carbocycles. The molecule has 2 nitrogen and oxygen atoms in total. The van der Waals surface area contributed by atoms with Crippen LogP contribution in [0.4, 0.5) is 0 Å². The fourth-order valence-electron chi connectivity index (χ4n) is 0.951. The molecule has 0 heterocycles. The van der Waals surface area contributed by atoms with Crippen LogP contribution in [0, 0.1) is 11.3 Å². The van der Waals surface area contributed by atoms with Crippen LogP contribution in [0.2, 0.25) is 0 Å². The van der Waals surface area contributed by atoms with Gasteiger partial charge in [-0.3, -0.25) is 0 Å². The lowest BCUT2D eigenvalue weighted by atomic mass is 10.2. The lowest BCUT2D eigenvalue weighted by molar-refractivity contribution is 0.342. The van der Waals surface area contributed by atoms with Gasteiger partial charge in [0.2, 0.25) is 0 Å². The van der Waals surface area contributed by atoms with Crippen molar-refractivity contribution in [2.75, 3.05) is 12.5 Å². The second kappa shape index (κ2) is 5.45. The van der Waals surface area contributed by atoms with E-state index in [-0.39, 0.29) is 0 Å². The fourth-order valence-corrected chi connectivity index (χ4v) is 1.03. The van der Waals surface area contributed by atoms with Gasteiger partial charge in [0.15, 0.2) is 0 Å². The maximum absolute atomic E-state index is 8.43. The van der Waals surface area contributed by atoms with Gasteiger partial charge in [0.05, 0.1) is 18.4 Å². The first kappa shape index (κ1) is 9.88. The number of nitriles is 1. The predicted molar refractivity (Wildman–Crippen MR) is 52.0 cm³/mol. The predicted octanol–water partition coefficient (Wildman–Crippen LogP) is 2.37. The number of hydrogen-bond donors (Lipinski definition) is 0. The third-order valence-corrected chi connectivity index (χ3v) is 1.71. The van der Waals surface area contributed by atoms with E-state index >= 15 is 0 Å². The molecule has 0 bridgehead atoms. The highest BCUT2D eigenvalue weighted by atomic mass is 35.5. The van der Waals surface area contributed by atoms with Crippen molar-refractivity contribution in [2.24, 2.45) is 0 Å². The van der Waals surface area contributed by atoms with Crippen molar-refractivity contribution in [1.82, 2.24) is 0 Å². The Bertz CT molecular complexity index is 289. The molecule has 1 aromatic rings. The molecule has 0 spiro atoms. The van der Waals surface area contributed by atoms with Crippen LogP contribution in [-0.2, 0) is 6.42 Å². The zero-order valence-electron chi connectivity index (χ0n) is 7.16. The van der Waals surface area contributed by atoms with E-state index in [0.29, 0.717) is 18.9 Å². The second-order valence-electron chi connectivity index (χ2n) is 2.52. The normalized spacial score (nSPS) is 9.23. The molecule has 0 aliphatic rings. The van der Waals surface area contributed by atoms with Gasteiger partial charge in [0, 0.05) is 0 Å². The summed E-state index contributed by atoms with van der Waals surface area (Å²) in [5.41, 5.74) is 1.00. The molecule has 0 fully saturated rings. The molecule has 0 amide bonds. The van der Waals surface area contributed by atoms with Gasteiger partial charge in [0.25, 0.3) is 0 Å². The molecule has 0 aliphatic heterocycles. The molecule has 0 aromatic heterocycles. The van der Waals surface area contributed by atoms with E-state index in [1.165, 1.54) is 0 Å². The van der Waals surface area contributed by atoms with Crippen LogP contribution in [0.3, 0.4) is 0 Å². The number of rotatable bonds is 4. The Morgan fingerprint density at radius 3 is 2.54 bits per heavy atom. The zero-order chi connectivity index (χ0) is 9.52. The maximum atomic E-state index is 8.43. The molecule has 0 N–H and O–H groups in total. The van der Waals surface area contributed by atoms with Gasteiger partial charge in [0.1, 0.15) is 12.4 Å². The Kier molecular flexibility index (Phi) is 4.14. The minimum absolute atomic E-state index is 0.440. The topological polar surface area (TPSA) is 33.0 Å². The van der Waals surface area contributed by atoms with Crippen molar-refractivity contribution in [3.05, 3.63) is 29.8 Å². The highest BCUT2D eigenvalue weighted by molar-refractivity contribution is 6.17. The van der Waals surface area contributed by atoms with Crippen LogP contribution in [0.1, 0.15) is 5.56 Å². The van der Waals surface area contributed by atoms with Gasteiger partial charge in [-0.2, -0.15) is 5.26 Å². The van der Waals surface area contributed by atoms with E-state index in [4.69, 9.17) is 21.6 Å². The SMILES string of the molecule is N#CCc1ccc(OCCCl)cc1. The average Bonchev–Trinajstić information content (AvgIpc) is 2.17. The van der Waals surface area contributed by atoms with Crippen molar-refractivity contribution < 1.29 is 4.74 Å². The van der Waals surface area contributed by atoms with E-state index in [2.05, 4.69) is 6.07 Å². The van der Waals surface area contributed by atoms with Crippen LogP contribution < -0.4 is 4.74 Å². The first-order valence-corrected chi connectivity index (χ1v) is 4.55. The molecule has 0 radical (unpaired) electrons. The zero-order valence-corrected chi connectivity index (χ0v) is 7.92. The van der Waals surface area contributed by atoms with Crippen molar-refractivity contribution in [3.63, 3.8) is 0 Å². The Morgan fingerprint density at radius 1 is 1.31 bits per heavy atom. The standard InChI is InChI=1S/C10H10ClNO/c11-6-8-13-10-3-1-9(2-4-10)5-7-12/h1-4H,5-6,8H2. The average molecular weight is 196 g/mol. The lowest BCUT2D eigenvalue weighted by Crippen LogP contribution is -1.97. The fraction of sp³-hybridized carbons (Fsp3) is 0.300. The first-order valence-electron chi connectivity index (χ1n) is 4.01. The van der Waals surface area contributed by atoms with Gasteiger partial charge >= 0.3 is 0 Å². The lowest BCUT2D eigenvalue weighted by Gasteiger charge is -2.03. The Labute approximate surface area is 82.7 Å². The van der Waals surface area contributed by atoms with Gasteiger partial charge in [-0.15, -0.1) is 11.6 Å². The highest BCUT2D eigenvalue weighted by Gasteiger charge is 1.93. The number of nitrogens with zero attached hydrogens (tertiary/aromatic N) is 1. The third-order valence-electron chi connectivity index (χ3n) is 1.55. The molecule has 0 unspecified atom stereocenters. The van der Waals surface area contributed by atoms with E-state index < -0.39 is 0 Å². The van der Waals surface area contributed by atoms with Gasteiger partial charge in [-0.1, -0.05) is 12.1 Å². The van der Waals surface area contributed by atoms with E-state index in [0.717, 1.165) is 11.3 Å². The Morgan fingerprint density at radius 2 is 2.00 bits per heavy atom. The van der Waals surface area contributed by atoms with E-state index in [1.807, 2.05) is 24.3 Å². The second-order valence-corrected chi connectivity index (χ2v) is 2.89. The largest absolute Gasteiger partial charge is 0.492 e.